The molecule has 2 saturated heterocycles. The van der Waals surface area contributed by atoms with Gasteiger partial charge < -0.3 is 15.0 Å². The van der Waals surface area contributed by atoms with Crippen LogP contribution < -0.4 is 5.73 Å². The van der Waals surface area contributed by atoms with Crippen molar-refractivity contribution in [2.75, 3.05) is 0 Å². The third-order valence-corrected chi connectivity index (χ3v) is 3.28. The van der Waals surface area contributed by atoms with Crippen LogP contribution in [0.25, 0.3) is 0 Å². The summed E-state index contributed by atoms with van der Waals surface area (Å²) in [6.07, 6.45) is 4.05. The van der Waals surface area contributed by atoms with E-state index in [4.69, 9.17) is 15.0 Å². The summed E-state index contributed by atoms with van der Waals surface area (Å²) < 4.78 is 10.9. The lowest BCUT2D eigenvalue weighted by atomic mass is 9.89. The van der Waals surface area contributed by atoms with Crippen LogP contribution in [0.1, 0.15) is 49.9 Å². The second-order valence-electron chi connectivity index (χ2n) is 4.50. The van der Waals surface area contributed by atoms with Crippen molar-refractivity contribution in [2.24, 2.45) is 5.73 Å². The number of nitrogens with two attached hydrogens (primary N) is 1. The molecule has 0 spiro atoms. The third-order valence-electron chi connectivity index (χ3n) is 3.28. The van der Waals surface area contributed by atoms with Gasteiger partial charge in [-0.25, -0.2) is 0 Å². The average Bonchev–Trinajstić information content (AvgIpc) is 2.93. The van der Waals surface area contributed by atoms with Gasteiger partial charge in [-0.05, 0) is 26.2 Å². The monoisotopic (exact) mass is 209 g/mol. The molecule has 2 aliphatic heterocycles. The second kappa shape index (κ2) is 3.28. The minimum absolute atomic E-state index is 0.189. The van der Waals surface area contributed by atoms with Crippen LogP contribution in [0.5, 0.6) is 0 Å². The Morgan fingerprint density at radius 2 is 2.33 bits per heavy atom. The molecule has 3 heterocycles. The zero-order valence-electron chi connectivity index (χ0n) is 8.72. The Kier molecular flexibility index (Phi) is 2.03. The van der Waals surface area contributed by atoms with Crippen molar-refractivity contribution in [1.82, 2.24) is 10.1 Å². The summed E-state index contributed by atoms with van der Waals surface area (Å²) in [5, 5.41) is 3.99. The van der Waals surface area contributed by atoms with E-state index in [1.54, 1.807) is 0 Å². The molecule has 2 bridgehead atoms. The second-order valence-corrected chi connectivity index (χ2v) is 4.50. The largest absolute Gasteiger partial charge is 0.374 e. The van der Waals surface area contributed by atoms with Crippen LogP contribution in [0.3, 0.4) is 0 Å². The summed E-state index contributed by atoms with van der Waals surface area (Å²) >= 11 is 0. The van der Waals surface area contributed by atoms with E-state index < -0.39 is 0 Å². The number of hydrogen-bond donors (Lipinski definition) is 1. The van der Waals surface area contributed by atoms with Crippen LogP contribution in [-0.4, -0.2) is 22.3 Å². The van der Waals surface area contributed by atoms with E-state index in [9.17, 15) is 0 Å². The quantitative estimate of drug-likeness (QED) is 0.790. The number of hydrogen-bond acceptors (Lipinski definition) is 5. The van der Waals surface area contributed by atoms with Gasteiger partial charge in [-0.3, -0.25) is 0 Å². The van der Waals surface area contributed by atoms with Gasteiger partial charge in [-0.2, -0.15) is 4.98 Å². The highest BCUT2D eigenvalue weighted by molar-refractivity contribution is 5.07. The van der Waals surface area contributed by atoms with Crippen molar-refractivity contribution in [3.8, 4) is 0 Å². The van der Waals surface area contributed by atoms with Crippen molar-refractivity contribution in [2.45, 2.75) is 50.4 Å². The molecule has 0 saturated carbocycles. The number of ether oxygens (including phenoxy) is 1. The molecular weight excluding hydrogens is 194 g/mol. The maximum Gasteiger partial charge on any atom is 0.243 e. The average molecular weight is 209 g/mol. The molecule has 82 valence electrons. The first-order chi connectivity index (χ1) is 7.24. The summed E-state index contributed by atoms with van der Waals surface area (Å²) in [4.78, 5) is 4.33. The smallest absolute Gasteiger partial charge is 0.243 e. The molecular formula is C10H15N3O2. The van der Waals surface area contributed by atoms with Crippen LogP contribution in [0.4, 0.5) is 0 Å². The first-order valence-electron chi connectivity index (χ1n) is 5.48. The Balaban J connectivity index is 1.81. The maximum atomic E-state index is 5.76. The first kappa shape index (κ1) is 9.30. The summed E-state index contributed by atoms with van der Waals surface area (Å²) in [7, 11) is 0. The van der Waals surface area contributed by atoms with Gasteiger partial charge in [0, 0.05) is 0 Å². The van der Waals surface area contributed by atoms with Crippen molar-refractivity contribution in [1.29, 1.82) is 0 Å². The predicted molar refractivity (Wildman–Crippen MR) is 52.2 cm³/mol. The molecule has 3 rings (SSSR count). The van der Waals surface area contributed by atoms with Gasteiger partial charge in [0.05, 0.1) is 24.2 Å². The van der Waals surface area contributed by atoms with Gasteiger partial charge in [0.25, 0.3) is 0 Å². The van der Waals surface area contributed by atoms with E-state index in [1.807, 2.05) is 6.92 Å². The molecule has 1 aromatic heterocycles. The molecule has 4 atom stereocenters. The highest BCUT2D eigenvalue weighted by atomic mass is 16.5. The van der Waals surface area contributed by atoms with E-state index in [0.717, 1.165) is 18.7 Å². The molecule has 0 radical (unpaired) electrons. The summed E-state index contributed by atoms with van der Waals surface area (Å²) in [6, 6.07) is -0.189. The van der Waals surface area contributed by atoms with Crippen molar-refractivity contribution >= 4 is 0 Å². The fourth-order valence-corrected chi connectivity index (χ4v) is 2.49. The zero-order chi connectivity index (χ0) is 10.4. The number of fused-ring (bicyclic) bond motifs is 2. The summed E-state index contributed by atoms with van der Waals surface area (Å²) in [6.45, 7) is 1.84. The van der Waals surface area contributed by atoms with Gasteiger partial charge in [0.1, 0.15) is 0 Å². The molecule has 2 N–H and O–H groups in total. The number of nitrogens with zero attached hydrogens (tertiary/aromatic N) is 2. The molecule has 15 heavy (non-hydrogen) atoms. The van der Waals surface area contributed by atoms with Gasteiger partial charge in [0.15, 0.2) is 5.82 Å². The standard InChI is InChI=1S/C10H15N3O2/c1-5(11)10-12-9(13-15-10)7-4-6-2-3-8(7)14-6/h5-8H,2-4,11H2,1H3/t5-,6?,7?,8?/m1/s1. The van der Waals surface area contributed by atoms with E-state index >= 15 is 0 Å². The Morgan fingerprint density at radius 3 is 2.87 bits per heavy atom. The molecule has 0 aliphatic carbocycles. The molecule has 2 fully saturated rings. The Morgan fingerprint density at radius 1 is 1.47 bits per heavy atom. The zero-order valence-corrected chi connectivity index (χ0v) is 8.72. The fraction of sp³-hybridized carbons (Fsp3) is 0.800. The Labute approximate surface area is 88.0 Å². The van der Waals surface area contributed by atoms with Crippen LogP contribution in [-0.2, 0) is 4.74 Å². The lowest BCUT2D eigenvalue weighted by Gasteiger charge is -2.13. The van der Waals surface area contributed by atoms with Gasteiger partial charge in [-0.15, -0.1) is 0 Å². The van der Waals surface area contributed by atoms with Gasteiger partial charge in [-0.1, -0.05) is 5.16 Å². The molecule has 0 amide bonds. The maximum absolute atomic E-state index is 5.76. The lowest BCUT2D eigenvalue weighted by Crippen LogP contribution is -2.16. The normalized spacial score (nSPS) is 36.0. The Bertz CT molecular complexity index is 363. The summed E-state index contributed by atoms with van der Waals surface area (Å²) in [5.74, 6) is 1.61. The molecule has 0 aromatic carbocycles. The van der Waals surface area contributed by atoms with Crippen LogP contribution in [0.15, 0.2) is 4.52 Å². The van der Waals surface area contributed by atoms with Crippen LogP contribution in [0.2, 0.25) is 0 Å². The number of rotatable bonds is 2. The first-order valence-corrected chi connectivity index (χ1v) is 5.48. The van der Waals surface area contributed by atoms with Crippen LogP contribution >= 0.6 is 0 Å². The van der Waals surface area contributed by atoms with Crippen LogP contribution in [0, 0.1) is 0 Å². The molecule has 3 unspecified atom stereocenters. The van der Waals surface area contributed by atoms with Gasteiger partial charge >= 0.3 is 0 Å². The third kappa shape index (κ3) is 1.46. The van der Waals surface area contributed by atoms with E-state index in [1.165, 1.54) is 6.42 Å². The Hall–Kier alpha value is -0.940. The van der Waals surface area contributed by atoms with Crippen molar-refractivity contribution in [3.63, 3.8) is 0 Å². The highest BCUT2D eigenvalue weighted by Gasteiger charge is 2.43. The summed E-state index contributed by atoms with van der Waals surface area (Å²) in [5.41, 5.74) is 5.67. The molecule has 2 aliphatic rings. The minimum atomic E-state index is -0.189. The van der Waals surface area contributed by atoms with E-state index in [-0.39, 0.29) is 6.04 Å². The number of aromatic nitrogens is 2. The van der Waals surface area contributed by atoms with Crippen molar-refractivity contribution in [3.05, 3.63) is 11.7 Å². The molecule has 1 aromatic rings. The van der Waals surface area contributed by atoms with Crippen molar-refractivity contribution < 1.29 is 9.26 Å². The fourth-order valence-electron chi connectivity index (χ4n) is 2.49. The highest BCUT2D eigenvalue weighted by Crippen LogP contribution is 2.43. The topological polar surface area (TPSA) is 74.2 Å². The van der Waals surface area contributed by atoms with Gasteiger partial charge in [0.2, 0.25) is 5.89 Å². The predicted octanol–water partition coefficient (Wildman–Crippen LogP) is 1.12. The van der Waals surface area contributed by atoms with E-state index in [0.29, 0.717) is 24.0 Å². The molecule has 5 nitrogen and oxygen atoms in total. The minimum Gasteiger partial charge on any atom is -0.374 e. The lowest BCUT2D eigenvalue weighted by molar-refractivity contribution is 0.0996. The molecule has 5 heteroatoms. The van der Waals surface area contributed by atoms with E-state index in [2.05, 4.69) is 10.1 Å². The SMILES string of the molecule is C[C@@H](N)c1nc(C2CC3CCC2O3)no1.